The Morgan fingerprint density at radius 1 is 0.316 bits per heavy atom. The fourth-order valence-electron chi connectivity index (χ4n) is 11.0. The largest absolute Gasteiger partial charge is 0.394 e. The van der Waals surface area contributed by atoms with Crippen molar-refractivity contribution in [1.29, 1.82) is 0 Å². The smallest absolute Gasteiger partial charge is 0.249 e. The quantitative estimate of drug-likeness (QED) is 0.0308. The predicted molar refractivity (Wildman–Crippen MR) is 334 cm³/mol. The van der Waals surface area contributed by atoms with Crippen molar-refractivity contribution in [3.63, 3.8) is 0 Å². The number of nitrogens with one attached hydrogen (secondary N) is 1. The highest BCUT2D eigenvalue weighted by Crippen LogP contribution is 2.19. The Morgan fingerprint density at radius 2 is 0.553 bits per heavy atom. The molecule has 0 heterocycles. The van der Waals surface area contributed by atoms with Gasteiger partial charge in [0.2, 0.25) is 5.91 Å². The van der Waals surface area contributed by atoms with Crippen LogP contribution in [0.15, 0.2) is 36.5 Å². The van der Waals surface area contributed by atoms with Crippen LogP contribution in [0.25, 0.3) is 0 Å². The summed E-state index contributed by atoms with van der Waals surface area (Å²) in [5.74, 6) is -0.593. The molecule has 6 nitrogen and oxygen atoms in total. The Balaban J connectivity index is 3.60. The molecule has 450 valence electrons. The third kappa shape index (κ3) is 57.2. The molecule has 0 aromatic rings. The molecule has 0 aromatic heterocycles. The number of allylic oxidation sites excluding steroid dienone is 6. The maximum Gasteiger partial charge on any atom is 0.249 e. The van der Waals surface area contributed by atoms with Crippen molar-refractivity contribution in [1.82, 2.24) is 5.32 Å². The van der Waals surface area contributed by atoms with Crippen LogP contribution in [0.4, 0.5) is 0 Å². The third-order valence-corrected chi connectivity index (χ3v) is 16.3. The van der Waals surface area contributed by atoms with E-state index in [0.29, 0.717) is 19.3 Å². The zero-order chi connectivity index (χ0) is 55.1. The summed E-state index contributed by atoms with van der Waals surface area (Å²) in [7, 11) is 0. The molecule has 0 fully saturated rings. The van der Waals surface area contributed by atoms with E-state index in [-0.39, 0.29) is 0 Å². The number of unbranched alkanes of at least 4 members (excludes halogenated alkanes) is 49. The van der Waals surface area contributed by atoms with Crippen molar-refractivity contribution in [3.05, 3.63) is 36.5 Å². The van der Waals surface area contributed by atoms with Crippen LogP contribution in [0, 0.1) is 0 Å². The first-order valence-corrected chi connectivity index (χ1v) is 34.4. The van der Waals surface area contributed by atoms with Gasteiger partial charge in [0, 0.05) is 0 Å². The highest BCUT2D eigenvalue weighted by atomic mass is 16.3. The number of carbonyl (C=O) groups excluding carboxylic acids is 1. The molecule has 0 aromatic carbocycles. The number of carbonyl (C=O) groups is 1. The number of amides is 1. The van der Waals surface area contributed by atoms with Crippen LogP contribution in [0.5, 0.6) is 0 Å². The van der Waals surface area contributed by atoms with Crippen molar-refractivity contribution >= 4 is 5.91 Å². The van der Waals surface area contributed by atoms with Gasteiger partial charge in [-0.2, -0.15) is 0 Å². The summed E-state index contributed by atoms with van der Waals surface area (Å²) in [4.78, 5) is 12.7. The lowest BCUT2D eigenvalue weighted by Crippen LogP contribution is -2.53. The van der Waals surface area contributed by atoms with Gasteiger partial charge in [-0.05, 0) is 64.2 Å². The van der Waals surface area contributed by atoms with Crippen LogP contribution in [-0.4, -0.2) is 57.3 Å². The summed E-state index contributed by atoms with van der Waals surface area (Å²) < 4.78 is 0. The molecule has 4 atom stereocenters. The van der Waals surface area contributed by atoms with E-state index in [0.717, 1.165) is 51.4 Å². The predicted octanol–water partition coefficient (Wildman–Crippen LogP) is 21.1. The highest BCUT2D eigenvalue weighted by Gasteiger charge is 2.28. The van der Waals surface area contributed by atoms with Gasteiger partial charge in [0.05, 0.1) is 18.8 Å². The van der Waals surface area contributed by atoms with Crippen molar-refractivity contribution in [3.8, 4) is 0 Å². The molecule has 0 aliphatic carbocycles. The molecule has 0 aliphatic heterocycles. The van der Waals surface area contributed by atoms with E-state index in [4.69, 9.17) is 0 Å². The Morgan fingerprint density at radius 3 is 0.829 bits per heavy atom. The van der Waals surface area contributed by atoms with Gasteiger partial charge in [-0.15, -0.1) is 0 Å². The fraction of sp³-hybridized carbons (Fsp3) is 0.900. The van der Waals surface area contributed by atoms with Crippen molar-refractivity contribution in [2.75, 3.05) is 6.61 Å². The normalized spacial score (nSPS) is 13.7. The first-order chi connectivity index (χ1) is 37.5. The average molecular weight is 1070 g/mol. The van der Waals surface area contributed by atoms with E-state index in [2.05, 4.69) is 55.6 Å². The Kier molecular flexibility index (Phi) is 63.1. The molecule has 76 heavy (non-hydrogen) atoms. The summed E-state index contributed by atoms with van der Waals surface area (Å²) >= 11 is 0. The molecule has 0 aliphatic rings. The second-order valence-corrected chi connectivity index (χ2v) is 23.9. The molecule has 0 saturated carbocycles. The van der Waals surface area contributed by atoms with Gasteiger partial charge >= 0.3 is 0 Å². The molecule has 0 spiro atoms. The van der Waals surface area contributed by atoms with Gasteiger partial charge in [-0.25, -0.2) is 0 Å². The molecular weight excluding hydrogens is 935 g/mol. The van der Waals surface area contributed by atoms with Crippen molar-refractivity contribution < 1.29 is 25.2 Å². The molecule has 0 bridgehead atoms. The number of hydrogen-bond donors (Lipinski definition) is 5. The summed E-state index contributed by atoms with van der Waals surface area (Å²) in [6.45, 7) is 4.09. The minimum Gasteiger partial charge on any atom is -0.394 e. The van der Waals surface area contributed by atoms with Gasteiger partial charge in [0.1, 0.15) is 12.2 Å². The maximum absolute atomic E-state index is 12.7. The summed E-state index contributed by atoms with van der Waals surface area (Å²) in [6.07, 6.45) is 82.7. The van der Waals surface area contributed by atoms with Gasteiger partial charge in [0.25, 0.3) is 0 Å². The number of aliphatic hydroxyl groups is 4. The number of rotatable bonds is 64. The van der Waals surface area contributed by atoms with Crippen LogP contribution in [0.1, 0.15) is 373 Å². The Bertz CT molecular complexity index is 1200. The van der Waals surface area contributed by atoms with Crippen LogP contribution in [0.3, 0.4) is 0 Å². The van der Waals surface area contributed by atoms with Crippen molar-refractivity contribution in [2.24, 2.45) is 0 Å². The van der Waals surface area contributed by atoms with E-state index < -0.39 is 36.9 Å². The topological polar surface area (TPSA) is 110 Å². The Labute approximate surface area is 475 Å². The van der Waals surface area contributed by atoms with Crippen LogP contribution in [0.2, 0.25) is 0 Å². The van der Waals surface area contributed by atoms with Gasteiger partial charge < -0.3 is 25.7 Å². The second-order valence-electron chi connectivity index (χ2n) is 23.9. The minimum atomic E-state index is -1.29. The first kappa shape index (κ1) is 74.5. The maximum atomic E-state index is 12.7. The zero-order valence-electron chi connectivity index (χ0n) is 51.3. The third-order valence-electron chi connectivity index (χ3n) is 16.3. The first-order valence-electron chi connectivity index (χ1n) is 34.4. The van der Waals surface area contributed by atoms with Crippen LogP contribution < -0.4 is 5.32 Å². The SMILES string of the molecule is CCCCCCCCCCCCCCCCC/C=C/CC/C=C/CC/C=C/CCCC(O)C(O)C(CO)NC(=O)C(O)CCCCCCCCCCCCCCCCCCCCCCCCCCCCCCCCCC. The molecule has 5 N–H and O–H groups in total. The molecule has 0 rings (SSSR count). The van der Waals surface area contributed by atoms with Gasteiger partial charge in [0.15, 0.2) is 0 Å². The number of hydrogen-bond acceptors (Lipinski definition) is 5. The second kappa shape index (κ2) is 64.4. The molecule has 6 heteroatoms. The summed E-state index contributed by atoms with van der Waals surface area (Å²) in [5, 5.41) is 44.1. The molecule has 1 amide bonds. The van der Waals surface area contributed by atoms with Crippen LogP contribution >= 0.6 is 0 Å². The zero-order valence-corrected chi connectivity index (χ0v) is 51.3. The van der Waals surface area contributed by atoms with Gasteiger partial charge in [-0.3, -0.25) is 4.79 Å². The highest BCUT2D eigenvalue weighted by molar-refractivity contribution is 5.80. The lowest BCUT2D eigenvalue weighted by molar-refractivity contribution is -0.132. The molecular formula is C70H135NO5. The number of aliphatic hydroxyl groups excluding tert-OH is 4. The van der Waals surface area contributed by atoms with E-state index in [1.165, 1.54) is 289 Å². The average Bonchev–Trinajstić information content (AvgIpc) is 3.42. The van der Waals surface area contributed by atoms with Gasteiger partial charge in [-0.1, -0.05) is 346 Å². The molecule has 4 unspecified atom stereocenters. The monoisotopic (exact) mass is 1070 g/mol. The van der Waals surface area contributed by atoms with E-state index in [1.54, 1.807) is 0 Å². The summed E-state index contributed by atoms with van der Waals surface area (Å²) in [5.41, 5.74) is 0. The standard InChI is InChI=1S/C70H135NO5/c1-3-5-7-9-11-13-15-17-19-21-23-25-27-29-31-33-34-35-36-38-40-42-44-46-48-50-52-54-56-58-60-62-64-68(74)70(76)71-66(65-72)69(75)67(73)63-61-59-57-55-53-51-49-47-45-43-41-39-37-32-30-28-26-24-22-20-18-16-14-12-10-8-6-4-2/h39,41,47,49,55,57,66-69,72-75H,3-38,40,42-46,48,50-54,56,58-65H2,1-2H3,(H,71,76)/b41-39+,49-47+,57-55+. The van der Waals surface area contributed by atoms with E-state index in [1.807, 2.05) is 0 Å². The molecule has 0 radical (unpaired) electrons. The lowest BCUT2D eigenvalue weighted by atomic mass is 10.00. The van der Waals surface area contributed by atoms with Crippen LogP contribution in [-0.2, 0) is 4.79 Å². The van der Waals surface area contributed by atoms with Crippen molar-refractivity contribution in [2.45, 2.75) is 398 Å². The lowest BCUT2D eigenvalue weighted by Gasteiger charge is -2.27. The van der Waals surface area contributed by atoms with E-state index in [9.17, 15) is 25.2 Å². The minimum absolute atomic E-state index is 0.362. The Hall–Kier alpha value is -1.47. The fourth-order valence-corrected chi connectivity index (χ4v) is 11.0. The molecule has 0 saturated heterocycles. The summed E-state index contributed by atoms with van der Waals surface area (Å²) in [6, 6.07) is -1.01. The van der Waals surface area contributed by atoms with E-state index >= 15 is 0 Å².